The van der Waals surface area contributed by atoms with Crippen LogP contribution in [0.5, 0.6) is 0 Å². The normalized spacial score (nSPS) is 11.4. The molecular formula is C61H40N6Pd2Si2. The van der Waals surface area contributed by atoms with Crippen LogP contribution >= 0.6 is 0 Å². The molecule has 0 aliphatic rings. The largest absolute Gasteiger partial charge is 2.00 e. The van der Waals surface area contributed by atoms with Crippen molar-refractivity contribution in [2.75, 3.05) is 0 Å². The summed E-state index contributed by atoms with van der Waals surface area (Å²) in [6.45, 7) is 0. The predicted molar refractivity (Wildman–Crippen MR) is 283 cm³/mol. The van der Waals surface area contributed by atoms with Gasteiger partial charge in [0.25, 0.3) is 5.95 Å². The molecule has 0 aliphatic heterocycles. The SMILES string of the molecule is [Pd+2].[Pd+2].[c-]1c(-c2ccccn2)cccc1[Si](c1[c-]c2c(cc1)c1ccc([Si](c3[c-]c(-c4ccccn4)ccc3)(c3ccccc3)c3ccccc3)[c-]c1n2-c1nccnn1)(c1ccccc1)c1ccccc1. The zero-order valence-corrected chi connectivity index (χ0v) is 43.0. The number of aromatic nitrogens is 6. The fraction of sp³-hybridized carbons (Fsp3) is 0. The number of benzene rings is 8. The van der Waals surface area contributed by atoms with E-state index in [0.717, 1.165) is 65.1 Å². The summed E-state index contributed by atoms with van der Waals surface area (Å²) < 4.78 is 2.11. The van der Waals surface area contributed by atoms with Gasteiger partial charge < -0.3 is 14.5 Å². The van der Waals surface area contributed by atoms with Crippen LogP contribution in [0.25, 0.3) is 50.3 Å². The topological polar surface area (TPSA) is 69.4 Å². The Labute approximate surface area is 442 Å². The first kappa shape index (κ1) is 47.3. The molecule has 0 atom stereocenters. The van der Waals surface area contributed by atoms with Gasteiger partial charge in [0.15, 0.2) is 0 Å². The Morgan fingerprint density at radius 2 is 0.718 bits per heavy atom. The Morgan fingerprint density at radius 1 is 0.324 bits per heavy atom. The van der Waals surface area contributed by atoms with E-state index in [1.165, 1.54) is 20.7 Å². The van der Waals surface area contributed by atoms with Gasteiger partial charge in [-0.2, -0.15) is 62.6 Å². The molecule has 0 bridgehead atoms. The molecule has 12 rings (SSSR count). The number of hydrogen-bond donors (Lipinski definition) is 0. The molecule has 8 aromatic carbocycles. The van der Waals surface area contributed by atoms with E-state index in [1.807, 2.05) is 48.8 Å². The maximum absolute atomic E-state index is 4.89. The first-order chi connectivity index (χ1) is 34.2. The second-order valence-corrected chi connectivity index (χ2v) is 24.4. The Kier molecular flexibility index (Phi) is 13.7. The molecular weight excluding hydrogens is 1090 g/mol. The average Bonchev–Trinajstić information content (AvgIpc) is 3.76. The summed E-state index contributed by atoms with van der Waals surface area (Å²) in [5.74, 6) is 0.435. The van der Waals surface area contributed by atoms with Crippen molar-refractivity contribution >= 4 is 79.4 Å². The van der Waals surface area contributed by atoms with Crippen LogP contribution in [0.15, 0.2) is 243 Å². The molecule has 0 N–H and O–H groups in total. The molecule has 4 aromatic heterocycles. The molecule has 0 amide bonds. The predicted octanol–water partition coefficient (Wildman–Crippen LogP) is 7.04. The molecule has 10 heteroatoms. The van der Waals surface area contributed by atoms with Gasteiger partial charge in [0.2, 0.25) is 0 Å². The number of rotatable bonds is 11. The van der Waals surface area contributed by atoms with Crippen molar-refractivity contribution in [1.29, 1.82) is 0 Å². The van der Waals surface area contributed by atoms with Crippen LogP contribution in [0.1, 0.15) is 0 Å². The van der Waals surface area contributed by atoms with Crippen LogP contribution in [0.4, 0.5) is 0 Å². The second kappa shape index (κ2) is 20.5. The van der Waals surface area contributed by atoms with Crippen LogP contribution in [0, 0.1) is 24.3 Å². The summed E-state index contributed by atoms with van der Waals surface area (Å²) in [7, 11) is -6.36. The molecule has 342 valence electrons. The molecule has 0 saturated heterocycles. The quantitative estimate of drug-likeness (QED) is 0.0791. The van der Waals surface area contributed by atoms with E-state index in [9.17, 15) is 0 Å². The molecule has 4 heterocycles. The van der Waals surface area contributed by atoms with Gasteiger partial charge in [-0.1, -0.05) is 157 Å². The van der Waals surface area contributed by atoms with Gasteiger partial charge in [0.05, 0.1) is 12.4 Å². The van der Waals surface area contributed by atoms with Crippen molar-refractivity contribution in [3.8, 4) is 28.5 Å². The van der Waals surface area contributed by atoms with Crippen molar-refractivity contribution in [2.45, 2.75) is 0 Å². The van der Waals surface area contributed by atoms with E-state index in [0.29, 0.717) is 5.95 Å². The summed E-state index contributed by atoms with van der Waals surface area (Å²) in [6.07, 6.45) is 6.98. The molecule has 12 aromatic rings. The number of nitrogens with zero attached hydrogens (tertiary/aromatic N) is 6. The van der Waals surface area contributed by atoms with E-state index in [4.69, 9.17) is 20.1 Å². The summed E-state index contributed by atoms with van der Waals surface area (Å²) in [4.78, 5) is 14.4. The maximum Gasteiger partial charge on any atom is 2.00 e. The van der Waals surface area contributed by atoms with E-state index < -0.39 is 16.1 Å². The van der Waals surface area contributed by atoms with Crippen LogP contribution in [0.2, 0.25) is 0 Å². The van der Waals surface area contributed by atoms with Gasteiger partial charge in [-0.25, -0.2) is 4.98 Å². The summed E-state index contributed by atoms with van der Waals surface area (Å²) in [5.41, 5.74) is 5.28. The van der Waals surface area contributed by atoms with Crippen molar-refractivity contribution in [3.05, 3.63) is 267 Å². The number of pyridine rings is 2. The van der Waals surface area contributed by atoms with Crippen molar-refractivity contribution in [2.24, 2.45) is 0 Å². The Morgan fingerprint density at radius 3 is 1.08 bits per heavy atom. The van der Waals surface area contributed by atoms with E-state index >= 15 is 0 Å². The van der Waals surface area contributed by atoms with Gasteiger partial charge in [0, 0.05) is 12.4 Å². The van der Waals surface area contributed by atoms with Gasteiger partial charge in [-0.05, 0) is 44.3 Å². The number of fused-ring (bicyclic) bond motifs is 3. The van der Waals surface area contributed by atoms with Crippen LogP contribution in [-0.2, 0) is 40.8 Å². The average molecular weight is 1130 g/mol. The van der Waals surface area contributed by atoms with Crippen LogP contribution in [0.3, 0.4) is 0 Å². The maximum atomic E-state index is 4.89. The fourth-order valence-electron chi connectivity index (χ4n) is 10.2. The third-order valence-electron chi connectivity index (χ3n) is 13.2. The summed E-state index contributed by atoms with van der Waals surface area (Å²) in [5, 5.41) is 20.3. The smallest absolute Gasteiger partial charge is 0.327 e. The first-order valence-electron chi connectivity index (χ1n) is 22.9. The van der Waals surface area contributed by atoms with Crippen molar-refractivity contribution < 1.29 is 40.8 Å². The van der Waals surface area contributed by atoms with Gasteiger partial charge in [-0.3, -0.25) is 0 Å². The van der Waals surface area contributed by atoms with Crippen molar-refractivity contribution in [3.63, 3.8) is 0 Å². The molecule has 71 heavy (non-hydrogen) atoms. The standard InChI is InChI=1S/C61H40N6Si2.2Pd/c1-5-21-47(22-6-1)68(48-23-7-2-8-24-48,51-29-17-19-45(41-51)57-31-13-15-37-62-57)53-33-35-55-56-36-34-54(44-60(56)67(59(55)43-53)61-64-39-40-65-66-61)69(49-25-9-3-10-26-49,50-27-11-4-12-28-50)52-30-18-20-46(42-52)58-32-14-16-38-63-58;;/h1-40H;;/q-4;2*+2. The third kappa shape index (κ3) is 8.29. The molecule has 0 saturated carbocycles. The monoisotopic (exact) mass is 1120 g/mol. The Bertz CT molecular complexity index is 3420. The molecule has 0 spiro atoms. The zero-order chi connectivity index (χ0) is 46.0. The second-order valence-electron chi connectivity index (χ2n) is 16.9. The zero-order valence-electron chi connectivity index (χ0n) is 37.9. The van der Waals surface area contributed by atoms with E-state index in [1.54, 1.807) is 12.4 Å². The summed E-state index contributed by atoms with van der Waals surface area (Å²) >= 11 is 0. The van der Waals surface area contributed by atoms with Crippen LogP contribution < -0.4 is 41.5 Å². The molecule has 0 aliphatic carbocycles. The van der Waals surface area contributed by atoms with E-state index in [-0.39, 0.29) is 40.8 Å². The number of hydrogen-bond acceptors (Lipinski definition) is 5. The van der Waals surface area contributed by atoms with Gasteiger partial charge >= 0.3 is 40.8 Å². The minimum Gasteiger partial charge on any atom is -0.327 e. The minimum absolute atomic E-state index is 0. The first-order valence-corrected chi connectivity index (χ1v) is 26.9. The van der Waals surface area contributed by atoms with Gasteiger partial charge in [-0.15, -0.1) is 75.1 Å². The minimum atomic E-state index is -3.18. The third-order valence-corrected chi connectivity index (χ3v) is 22.4. The summed E-state index contributed by atoms with van der Waals surface area (Å²) in [6, 6.07) is 93.6. The van der Waals surface area contributed by atoms with Crippen LogP contribution in [-0.4, -0.2) is 45.9 Å². The van der Waals surface area contributed by atoms with Crippen molar-refractivity contribution in [1.82, 2.24) is 29.7 Å². The Hall–Kier alpha value is -7.37. The molecule has 0 unspecified atom stereocenters. The molecule has 6 nitrogen and oxygen atoms in total. The van der Waals surface area contributed by atoms with E-state index in [2.05, 4.69) is 216 Å². The molecule has 0 fully saturated rings. The van der Waals surface area contributed by atoms with Gasteiger partial charge in [0.1, 0.15) is 16.1 Å². The Balaban J connectivity index is 0.00000291. The molecule has 0 radical (unpaired) electrons. The fourth-order valence-corrected chi connectivity index (χ4v) is 19.3.